The molecule has 0 unspecified atom stereocenters. The Kier molecular flexibility index (Phi) is 8.80. The molecular formula is C22H30N4O4. The van der Waals surface area contributed by atoms with Crippen molar-refractivity contribution in [2.75, 3.05) is 46.8 Å². The number of aliphatic imine (C=N–C) groups is 1. The van der Waals surface area contributed by atoms with Crippen LogP contribution in [-0.4, -0.2) is 53.3 Å². The molecule has 2 aromatic rings. The molecule has 0 aliphatic rings. The lowest BCUT2D eigenvalue weighted by atomic mass is 10.1. The van der Waals surface area contributed by atoms with Gasteiger partial charge in [-0.15, -0.1) is 0 Å². The Hall–Kier alpha value is -3.42. The highest BCUT2D eigenvalue weighted by atomic mass is 16.5. The van der Waals surface area contributed by atoms with Gasteiger partial charge in [-0.2, -0.15) is 0 Å². The molecular weight excluding hydrogens is 384 g/mol. The molecule has 8 nitrogen and oxygen atoms in total. The van der Waals surface area contributed by atoms with E-state index in [9.17, 15) is 4.79 Å². The second-order valence-corrected chi connectivity index (χ2v) is 6.33. The third kappa shape index (κ3) is 6.04. The van der Waals surface area contributed by atoms with E-state index in [1.165, 1.54) is 0 Å². The second kappa shape index (κ2) is 11.5. The van der Waals surface area contributed by atoms with Crippen molar-refractivity contribution in [3.8, 4) is 17.2 Å². The largest absolute Gasteiger partial charge is 0.493 e. The predicted molar refractivity (Wildman–Crippen MR) is 119 cm³/mol. The molecule has 0 heterocycles. The molecule has 0 spiro atoms. The summed E-state index contributed by atoms with van der Waals surface area (Å²) in [4.78, 5) is 16.4. The molecule has 162 valence electrons. The van der Waals surface area contributed by atoms with Crippen LogP contribution in [0.1, 0.15) is 22.8 Å². The Labute approximate surface area is 177 Å². The molecule has 2 rings (SSSR count). The summed E-state index contributed by atoms with van der Waals surface area (Å²) < 4.78 is 16.2. The van der Waals surface area contributed by atoms with Gasteiger partial charge in [0, 0.05) is 43.5 Å². The Morgan fingerprint density at radius 3 is 2.30 bits per heavy atom. The van der Waals surface area contributed by atoms with E-state index in [1.54, 1.807) is 34.4 Å². The van der Waals surface area contributed by atoms with Crippen LogP contribution in [0.5, 0.6) is 17.2 Å². The van der Waals surface area contributed by atoms with Gasteiger partial charge in [-0.1, -0.05) is 12.1 Å². The minimum Gasteiger partial charge on any atom is -0.493 e. The van der Waals surface area contributed by atoms with Crippen LogP contribution in [0.15, 0.2) is 41.4 Å². The lowest BCUT2D eigenvalue weighted by Gasteiger charge is -2.16. The van der Waals surface area contributed by atoms with Crippen molar-refractivity contribution in [2.24, 2.45) is 4.99 Å². The van der Waals surface area contributed by atoms with Crippen molar-refractivity contribution in [3.63, 3.8) is 0 Å². The number of ether oxygens (including phenoxy) is 3. The van der Waals surface area contributed by atoms with Crippen LogP contribution in [0.3, 0.4) is 0 Å². The maximum Gasteiger partial charge on any atom is 0.251 e. The summed E-state index contributed by atoms with van der Waals surface area (Å²) in [6.07, 6.45) is 0.705. The maximum absolute atomic E-state index is 11.8. The van der Waals surface area contributed by atoms with E-state index in [0.717, 1.165) is 11.3 Å². The standard InChI is InChI=1S/C22H30N4O4/c1-6-24-22(25-11-10-15-8-7-9-16(12-15)21(27)23-2)26-17-13-18(28-3)20(30-5)19(14-17)29-4/h7-9,12-14H,6,10-11H2,1-5H3,(H,23,27)(H2,24,25,26). The highest BCUT2D eigenvalue weighted by molar-refractivity contribution is 5.94. The molecule has 0 aliphatic heterocycles. The van der Waals surface area contributed by atoms with Crippen molar-refractivity contribution in [3.05, 3.63) is 47.5 Å². The van der Waals surface area contributed by atoms with Crippen LogP contribution in [-0.2, 0) is 6.42 Å². The molecule has 8 heteroatoms. The SMILES string of the molecule is CCNC(=NCCc1cccc(C(=O)NC)c1)Nc1cc(OC)c(OC)c(OC)c1. The van der Waals surface area contributed by atoms with E-state index in [1.807, 2.05) is 37.3 Å². The van der Waals surface area contributed by atoms with Gasteiger partial charge in [0.15, 0.2) is 17.5 Å². The van der Waals surface area contributed by atoms with E-state index < -0.39 is 0 Å². The van der Waals surface area contributed by atoms with Gasteiger partial charge in [-0.05, 0) is 31.0 Å². The van der Waals surface area contributed by atoms with Crippen LogP contribution in [0.2, 0.25) is 0 Å². The smallest absolute Gasteiger partial charge is 0.251 e. The molecule has 0 aliphatic carbocycles. The van der Waals surface area contributed by atoms with Crippen molar-refractivity contribution >= 4 is 17.6 Å². The molecule has 30 heavy (non-hydrogen) atoms. The van der Waals surface area contributed by atoms with Crippen molar-refractivity contribution in [1.82, 2.24) is 10.6 Å². The monoisotopic (exact) mass is 414 g/mol. The van der Waals surface area contributed by atoms with Crippen LogP contribution in [0.4, 0.5) is 5.69 Å². The molecule has 0 fully saturated rings. The minimum absolute atomic E-state index is 0.0993. The van der Waals surface area contributed by atoms with Gasteiger partial charge in [0.05, 0.1) is 21.3 Å². The number of guanidine groups is 1. The number of carbonyl (C=O) groups is 1. The van der Waals surface area contributed by atoms with E-state index in [-0.39, 0.29) is 5.91 Å². The second-order valence-electron chi connectivity index (χ2n) is 6.33. The zero-order chi connectivity index (χ0) is 21.9. The Bertz CT molecular complexity index is 858. The zero-order valence-electron chi connectivity index (χ0n) is 18.2. The highest BCUT2D eigenvalue weighted by Crippen LogP contribution is 2.39. The van der Waals surface area contributed by atoms with Gasteiger partial charge in [0.25, 0.3) is 5.91 Å². The van der Waals surface area contributed by atoms with Crippen LogP contribution >= 0.6 is 0 Å². The first-order valence-electron chi connectivity index (χ1n) is 9.72. The van der Waals surface area contributed by atoms with E-state index in [4.69, 9.17) is 14.2 Å². The molecule has 0 atom stereocenters. The number of rotatable bonds is 9. The summed E-state index contributed by atoms with van der Waals surface area (Å²) in [5.74, 6) is 2.18. The Morgan fingerprint density at radius 2 is 1.73 bits per heavy atom. The van der Waals surface area contributed by atoms with Gasteiger partial charge in [0.1, 0.15) is 0 Å². The van der Waals surface area contributed by atoms with Gasteiger partial charge in [-0.3, -0.25) is 9.79 Å². The maximum atomic E-state index is 11.8. The lowest BCUT2D eigenvalue weighted by Crippen LogP contribution is -2.31. The lowest BCUT2D eigenvalue weighted by molar-refractivity contribution is 0.0963. The number of nitrogens with one attached hydrogen (secondary N) is 3. The minimum atomic E-state index is -0.0993. The first-order chi connectivity index (χ1) is 14.6. The highest BCUT2D eigenvalue weighted by Gasteiger charge is 2.14. The van der Waals surface area contributed by atoms with Crippen LogP contribution in [0, 0.1) is 0 Å². The third-order valence-corrected chi connectivity index (χ3v) is 4.36. The number of methoxy groups -OCH3 is 3. The number of carbonyl (C=O) groups excluding carboxylic acids is 1. The molecule has 0 bridgehead atoms. The van der Waals surface area contributed by atoms with Gasteiger partial charge in [-0.25, -0.2) is 0 Å². The molecule has 0 saturated heterocycles. The summed E-state index contributed by atoms with van der Waals surface area (Å²) in [7, 11) is 6.34. The molecule has 3 N–H and O–H groups in total. The van der Waals surface area contributed by atoms with Crippen LogP contribution in [0.25, 0.3) is 0 Å². The zero-order valence-corrected chi connectivity index (χ0v) is 18.2. The molecule has 0 saturated carbocycles. The Balaban J connectivity index is 2.14. The number of benzene rings is 2. The summed E-state index contributed by atoms with van der Waals surface area (Å²) in [6, 6.07) is 11.2. The average Bonchev–Trinajstić information content (AvgIpc) is 2.78. The number of nitrogens with zero attached hydrogens (tertiary/aromatic N) is 1. The van der Waals surface area contributed by atoms with Crippen molar-refractivity contribution < 1.29 is 19.0 Å². The third-order valence-electron chi connectivity index (χ3n) is 4.36. The van der Waals surface area contributed by atoms with Crippen LogP contribution < -0.4 is 30.2 Å². The summed E-state index contributed by atoms with van der Waals surface area (Å²) >= 11 is 0. The normalized spacial score (nSPS) is 10.9. The average molecular weight is 415 g/mol. The summed E-state index contributed by atoms with van der Waals surface area (Å²) in [5, 5.41) is 9.12. The fourth-order valence-corrected chi connectivity index (χ4v) is 2.91. The first-order valence-corrected chi connectivity index (χ1v) is 9.72. The molecule has 1 amide bonds. The number of hydrogen-bond donors (Lipinski definition) is 3. The molecule has 0 radical (unpaired) electrons. The number of anilines is 1. The first kappa shape index (κ1) is 22.9. The Morgan fingerprint density at radius 1 is 1.03 bits per heavy atom. The number of hydrogen-bond acceptors (Lipinski definition) is 5. The number of amides is 1. The van der Waals surface area contributed by atoms with Crippen molar-refractivity contribution in [1.29, 1.82) is 0 Å². The summed E-state index contributed by atoms with van der Waals surface area (Å²) in [6.45, 7) is 3.26. The van der Waals surface area contributed by atoms with E-state index in [0.29, 0.717) is 48.3 Å². The fraction of sp³-hybridized carbons (Fsp3) is 0.364. The molecule has 2 aromatic carbocycles. The topological polar surface area (TPSA) is 93.2 Å². The van der Waals surface area contributed by atoms with Gasteiger partial charge >= 0.3 is 0 Å². The van der Waals surface area contributed by atoms with Crippen molar-refractivity contribution in [2.45, 2.75) is 13.3 Å². The summed E-state index contributed by atoms with van der Waals surface area (Å²) in [5.41, 5.74) is 2.44. The molecule has 0 aromatic heterocycles. The predicted octanol–water partition coefficient (Wildman–Crippen LogP) is 2.69. The van der Waals surface area contributed by atoms with E-state index >= 15 is 0 Å². The van der Waals surface area contributed by atoms with Gasteiger partial charge < -0.3 is 30.2 Å². The van der Waals surface area contributed by atoms with E-state index in [2.05, 4.69) is 20.9 Å². The fourth-order valence-electron chi connectivity index (χ4n) is 2.91. The quantitative estimate of drug-likeness (QED) is 0.432. The van der Waals surface area contributed by atoms with Gasteiger partial charge in [0.2, 0.25) is 5.75 Å².